The van der Waals surface area contributed by atoms with Crippen molar-refractivity contribution in [3.05, 3.63) is 45.5 Å². The summed E-state index contributed by atoms with van der Waals surface area (Å²) in [5, 5.41) is 3.54. The van der Waals surface area contributed by atoms with Crippen molar-refractivity contribution in [2.75, 3.05) is 11.9 Å². The first kappa shape index (κ1) is 13.3. The molecule has 0 fully saturated rings. The molecule has 1 N–H and O–H groups in total. The fraction of sp³-hybridized carbons (Fsp3) is 0.333. The summed E-state index contributed by atoms with van der Waals surface area (Å²) in [6, 6.07) is 5.83. The molecule has 0 radical (unpaired) electrons. The van der Waals surface area contributed by atoms with Crippen LogP contribution in [0.3, 0.4) is 0 Å². The van der Waals surface area contributed by atoms with Crippen LogP contribution in [0.25, 0.3) is 0 Å². The second-order valence-corrected chi connectivity index (χ2v) is 6.11. The van der Waals surface area contributed by atoms with Crippen LogP contribution in [0.5, 0.6) is 0 Å². The van der Waals surface area contributed by atoms with Crippen LogP contribution in [-0.2, 0) is 17.8 Å². The van der Waals surface area contributed by atoms with Gasteiger partial charge in [-0.05, 0) is 26.0 Å². The topological polar surface area (TPSA) is 51.2 Å². The number of amides is 1. The van der Waals surface area contributed by atoms with E-state index in [2.05, 4.69) is 16.4 Å². The van der Waals surface area contributed by atoms with Crippen molar-refractivity contribution in [1.82, 2.24) is 4.98 Å². The van der Waals surface area contributed by atoms with Crippen LogP contribution < -0.4 is 5.32 Å². The van der Waals surface area contributed by atoms with Crippen molar-refractivity contribution >= 4 is 22.4 Å². The van der Waals surface area contributed by atoms with Crippen molar-refractivity contribution in [3.8, 4) is 0 Å². The van der Waals surface area contributed by atoms with E-state index < -0.39 is 0 Å². The fourth-order valence-corrected chi connectivity index (χ4v) is 3.29. The van der Waals surface area contributed by atoms with Crippen LogP contribution in [0.15, 0.2) is 18.2 Å². The zero-order chi connectivity index (χ0) is 14.1. The summed E-state index contributed by atoms with van der Waals surface area (Å²) < 4.78 is 5.39. The molecular formula is C15H16N2O2S. The van der Waals surface area contributed by atoms with Crippen LogP contribution in [0.2, 0.25) is 0 Å². The molecule has 3 rings (SSSR count). The average molecular weight is 288 g/mol. The molecule has 2 aromatic rings. The number of aryl methyl sites for hydroxylation is 2. The fourth-order valence-electron chi connectivity index (χ4n) is 2.35. The van der Waals surface area contributed by atoms with E-state index in [9.17, 15) is 4.79 Å². The third-order valence-electron chi connectivity index (χ3n) is 3.20. The maximum atomic E-state index is 12.3. The Balaban J connectivity index is 1.80. The Kier molecular flexibility index (Phi) is 3.54. The minimum Gasteiger partial charge on any atom is -0.375 e. The third-order valence-corrected chi connectivity index (χ3v) is 4.19. The quantitative estimate of drug-likeness (QED) is 0.924. The second kappa shape index (κ2) is 5.34. The Bertz CT molecular complexity index is 620. The molecule has 0 spiro atoms. The van der Waals surface area contributed by atoms with Crippen molar-refractivity contribution in [1.29, 1.82) is 0 Å². The Morgan fingerprint density at radius 1 is 1.30 bits per heavy atom. The molecule has 0 saturated heterocycles. The molecule has 2 heterocycles. The molecule has 0 saturated carbocycles. The first-order chi connectivity index (χ1) is 9.61. The van der Waals surface area contributed by atoms with Gasteiger partial charge in [-0.25, -0.2) is 4.98 Å². The van der Waals surface area contributed by atoms with Crippen LogP contribution >= 0.6 is 11.3 Å². The van der Waals surface area contributed by atoms with Gasteiger partial charge in [0.2, 0.25) is 0 Å². The molecule has 20 heavy (non-hydrogen) atoms. The summed E-state index contributed by atoms with van der Waals surface area (Å²) in [6.45, 7) is 5.29. The molecule has 104 valence electrons. The van der Waals surface area contributed by atoms with Crippen LogP contribution in [0.4, 0.5) is 5.13 Å². The largest absolute Gasteiger partial charge is 0.375 e. The van der Waals surface area contributed by atoms with Crippen LogP contribution in [0, 0.1) is 13.8 Å². The molecule has 4 nitrogen and oxygen atoms in total. The SMILES string of the molecule is Cc1cc(C)cc(C(=O)Nc2nc3c(s2)COCC3)c1. The Hall–Kier alpha value is -1.72. The molecule has 1 aromatic heterocycles. The van der Waals surface area contributed by atoms with Gasteiger partial charge in [-0.15, -0.1) is 0 Å². The summed E-state index contributed by atoms with van der Waals surface area (Å²) in [7, 11) is 0. The molecular weight excluding hydrogens is 272 g/mol. The lowest BCUT2D eigenvalue weighted by atomic mass is 10.1. The summed E-state index contributed by atoms with van der Waals surface area (Å²) in [5.74, 6) is -0.108. The minimum atomic E-state index is -0.108. The first-order valence-corrected chi connectivity index (χ1v) is 7.39. The number of carbonyl (C=O) groups excluding carboxylic acids is 1. The number of thiazole rings is 1. The molecule has 1 amide bonds. The zero-order valence-corrected chi connectivity index (χ0v) is 12.3. The number of aromatic nitrogens is 1. The number of fused-ring (bicyclic) bond motifs is 1. The number of rotatable bonds is 2. The maximum Gasteiger partial charge on any atom is 0.257 e. The van der Waals surface area contributed by atoms with E-state index in [1.54, 1.807) is 0 Å². The molecule has 1 aliphatic rings. The number of carbonyl (C=O) groups is 1. The van der Waals surface area contributed by atoms with Gasteiger partial charge in [-0.2, -0.15) is 0 Å². The second-order valence-electron chi connectivity index (χ2n) is 5.02. The first-order valence-electron chi connectivity index (χ1n) is 6.58. The van der Waals surface area contributed by atoms with Crippen molar-refractivity contribution in [3.63, 3.8) is 0 Å². The van der Waals surface area contributed by atoms with E-state index >= 15 is 0 Å². The smallest absolute Gasteiger partial charge is 0.257 e. The number of nitrogens with zero attached hydrogens (tertiary/aromatic N) is 1. The van der Waals surface area contributed by atoms with Crippen molar-refractivity contribution < 1.29 is 9.53 Å². The van der Waals surface area contributed by atoms with Gasteiger partial charge in [-0.1, -0.05) is 28.5 Å². The molecule has 0 unspecified atom stereocenters. The molecule has 1 aliphatic heterocycles. The normalized spacial score (nSPS) is 13.9. The van der Waals surface area contributed by atoms with Crippen molar-refractivity contribution in [2.45, 2.75) is 26.9 Å². The third kappa shape index (κ3) is 2.73. The number of anilines is 1. The molecule has 0 bridgehead atoms. The lowest BCUT2D eigenvalue weighted by Crippen LogP contribution is -2.12. The summed E-state index contributed by atoms with van der Waals surface area (Å²) in [5.41, 5.74) is 3.90. The predicted octanol–water partition coefficient (Wildman–Crippen LogP) is 3.08. The van der Waals surface area contributed by atoms with Crippen LogP contribution in [0.1, 0.15) is 32.1 Å². The Labute approximate surface area is 121 Å². The summed E-state index contributed by atoms with van der Waals surface area (Å²) >= 11 is 1.50. The van der Waals surface area contributed by atoms with E-state index in [0.29, 0.717) is 23.9 Å². The number of hydrogen-bond donors (Lipinski definition) is 1. The summed E-state index contributed by atoms with van der Waals surface area (Å²) in [6.07, 6.45) is 0.825. The lowest BCUT2D eigenvalue weighted by molar-refractivity contribution is 0.102. The van der Waals surface area contributed by atoms with Crippen LogP contribution in [-0.4, -0.2) is 17.5 Å². The number of ether oxygens (including phenoxy) is 1. The highest BCUT2D eigenvalue weighted by Gasteiger charge is 2.17. The van der Waals surface area contributed by atoms with Gasteiger partial charge in [0, 0.05) is 12.0 Å². The van der Waals surface area contributed by atoms with Crippen molar-refractivity contribution in [2.24, 2.45) is 0 Å². The van der Waals surface area contributed by atoms with Gasteiger partial charge in [0.15, 0.2) is 5.13 Å². The van der Waals surface area contributed by atoms with Gasteiger partial charge >= 0.3 is 0 Å². The van der Waals surface area contributed by atoms with E-state index in [1.165, 1.54) is 11.3 Å². The molecule has 0 aliphatic carbocycles. The van der Waals surface area contributed by atoms with Gasteiger partial charge in [0.1, 0.15) is 0 Å². The molecule has 0 atom stereocenters. The Morgan fingerprint density at radius 3 is 2.75 bits per heavy atom. The number of benzene rings is 1. The predicted molar refractivity (Wildman–Crippen MR) is 79.3 cm³/mol. The zero-order valence-electron chi connectivity index (χ0n) is 11.5. The number of nitrogens with one attached hydrogen (secondary N) is 1. The molecule has 5 heteroatoms. The summed E-state index contributed by atoms with van der Waals surface area (Å²) in [4.78, 5) is 17.8. The molecule has 1 aromatic carbocycles. The van der Waals surface area contributed by atoms with Gasteiger partial charge in [-0.3, -0.25) is 10.1 Å². The van der Waals surface area contributed by atoms with Gasteiger partial charge < -0.3 is 4.74 Å². The van der Waals surface area contributed by atoms with Gasteiger partial charge in [0.25, 0.3) is 5.91 Å². The lowest BCUT2D eigenvalue weighted by Gasteiger charge is -2.08. The minimum absolute atomic E-state index is 0.108. The average Bonchev–Trinajstić information content (AvgIpc) is 2.79. The maximum absolute atomic E-state index is 12.3. The van der Waals surface area contributed by atoms with E-state index in [4.69, 9.17) is 4.74 Å². The highest BCUT2D eigenvalue weighted by atomic mass is 32.1. The highest BCUT2D eigenvalue weighted by Crippen LogP contribution is 2.27. The van der Waals surface area contributed by atoms with E-state index in [1.807, 2.05) is 26.0 Å². The highest BCUT2D eigenvalue weighted by molar-refractivity contribution is 7.15. The van der Waals surface area contributed by atoms with E-state index in [0.717, 1.165) is 28.1 Å². The van der Waals surface area contributed by atoms with E-state index in [-0.39, 0.29) is 5.91 Å². The number of hydrogen-bond acceptors (Lipinski definition) is 4. The van der Waals surface area contributed by atoms with Gasteiger partial charge in [0.05, 0.1) is 23.8 Å². The Morgan fingerprint density at radius 2 is 2.05 bits per heavy atom. The monoisotopic (exact) mass is 288 g/mol. The standard InChI is InChI=1S/C15H16N2O2S/c1-9-5-10(2)7-11(6-9)14(18)17-15-16-12-3-4-19-8-13(12)20-15/h5-7H,3-4,8H2,1-2H3,(H,16,17,18).